The zero-order valence-corrected chi connectivity index (χ0v) is 15.8. The summed E-state index contributed by atoms with van der Waals surface area (Å²) in [6, 6.07) is 0. The molecular formula is C17H33AlO3. The summed E-state index contributed by atoms with van der Waals surface area (Å²) in [5.74, 6) is 1.84. The normalized spacial score (nSPS) is 21.4. The van der Waals surface area contributed by atoms with E-state index >= 15 is 0 Å². The SMILES string of the molecule is CC(C)[CH2][AlH][CH2]C(C)C.O=CC1CCC2(CC1)OCCO2. The summed E-state index contributed by atoms with van der Waals surface area (Å²) in [5, 5.41) is 3.08. The van der Waals surface area contributed by atoms with Gasteiger partial charge in [-0.1, -0.05) is 50.1 Å². The lowest BCUT2D eigenvalue weighted by molar-refractivity contribution is -0.182. The van der Waals surface area contributed by atoms with Gasteiger partial charge in [0.15, 0.2) is 5.79 Å². The van der Waals surface area contributed by atoms with Crippen LogP contribution in [0.2, 0.25) is 10.6 Å². The highest BCUT2D eigenvalue weighted by Gasteiger charge is 2.39. The minimum atomic E-state index is -0.306. The van der Waals surface area contributed by atoms with Crippen LogP contribution in [0.15, 0.2) is 0 Å². The van der Waals surface area contributed by atoms with Crippen LogP contribution in [0.3, 0.4) is 0 Å². The van der Waals surface area contributed by atoms with Crippen molar-refractivity contribution in [1.29, 1.82) is 0 Å². The van der Waals surface area contributed by atoms with Gasteiger partial charge in [-0.25, -0.2) is 0 Å². The summed E-state index contributed by atoms with van der Waals surface area (Å²) in [6.45, 7) is 10.7. The van der Waals surface area contributed by atoms with Crippen molar-refractivity contribution in [1.82, 2.24) is 0 Å². The van der Waals surface area contributed by atoms with Gasteiger partial charge >= 0.3 is 0 Å². The zero-order valence-electron chi connectivity index (χ0n) is 14.4. The molecule has 0 N–H and O–H groups in total. The predicted molar refractivity (Wildman–Crippen MR) is 89.1 cm³/mol. The Bertz CT molecular complexity index is 268. The van der Waals surface area contributed by atoms with E-state index in [1.807, 2.05) is 0 Å². The molecule has 1 saturated heterocycles. The summed E-state index contributed by atoms with van der Waals surface area (Å²) >= 11 is 0.316. The van der Waals surface area contributed by atoms with Gasteiger partial charge < -0.3 is 14.3 Å². The monoisotopic (exact) mass is 312 g/mol. The van der Waals surface area contributed by atoms with Gasteiger partial charge in [0.25, 0.3) is 0 Å². The molecule has 2 aliphatic rings. The molecule has 21 heavy (non-hydrogen) atoms. The second-order valence-electron chi connectivity index (χ2n) is 7.30. The van der Waals surface area contributed by atoms with Gasteiger partial charge in [-0.2, -0.15) is 0 Å². The maximum atomic E-state index is 10.5. The van der Waals surface area contributed by atoms with E-state index in [4.69, 9.17) is 9.47 Å². The van der Waals surface area contributed by atoms with Gasteiger partial charge in [0.1, 0.15) is 6.29 Å². The lowest BCUT2D eigenvalue weighted by atomic mass is 9.86. The number of carbonyl (C=O) groups is 1. The van der Waals surface area contributed by atoms with Gasteiger partial charge in [0.05, 0.1) is 13.2 Å². The molecule has 0 atom stereocenters. The van der Waals surface area contributed by atoms with Gasteiger partial charge in [-0.05, 0) is 12.8 Å². The van der Waals surface area contributed by atoms with Crippen molar-refractivity contribution in [2.75, 3.05) is 13.2 Å². The molecule has 1 spiro atoms. The zero-order chi connectivity index (χ0) is 15.7. The third kappa shape index (κ3) is 7.79. The molecule has 1 saturated carbocycles. The Morgan fingerprint density at radius 2 is 1.52 bits per heavy atom. The van der Waals surface area contributed by atoms with E-state index in [0.29, 0.717) is 28.4 Å². The largest absolute Gasteiger partial charge is 0.348 e. The maximum absolute atomic E-state index is 10.5. The third-order valence-electron chi connectivity index (χ3n) is 4.36. The minimum Gasteiger partial charge on any atom is -0.348 e. The van der Waals surface area contributed by atoms with E-state index in [1.165, 1.54) is 10.6 Å². The number of hydrogen-bond donors (Lipinski definition) is 0. The molecule has 1 aliphatic carbocycles. The average Bonchev–Trinajstić information content (AvgIpc) is 2.88. The van der Waals surface area contributed by atoms with Gasteiger partial charge in [0, 0.05) is 18.8 Å². The molecule has 122 valence electrons. The topological polar surface area (TPSA) is 35.5 Å². The van der Waals surface area contributed by atoms with Gasteiger partial charge in [-0.3, -0.25) is 0 Å². The van der Waals surface area contributed by atoms with Gasteiger partial charge in [0.2, 0.25) is 15.2 Å². The fourth-order valence-electron chi connectivity index (χ4n) is 2.94. The third-order valence-corrected chi connectivity index (χ3v) is 7.49. The molecule has 2 rings (SSSR count). The molecule has 0 bridgehead atoms. The first kappa shape index (κ1) is 19.2. The van der Waals surface area contributed by atoms with Crippen molar-refractivity contribution in [3.8, 4) is 0 Å². The van der Waals surface area contributed by atoms with Crippen LogP contribution in [0.1, 0.15) is 53.4 Å². The number of hydrogen-bond acceptors (Lipinski definition) is 3. The van der Waals surface area contributed by atoms with Gasteiger partial charge in [-0.15, -0.1) is 0 Å². The molecular weight excluding hydrogens is 279 g/mol. The first-order valence-corrected chi connectivity index (χ1v) is 10.7. The molecule has 4 heteroatoms. The molecule has 0 radical (unpaired) electrons. The van der Waals surface area contributed by atoms with Crippen molar-refractivity contribution in [3.05, 3.63) is 0 Å². The van der Waals surface area contributed by atoms with Crippen molar-refractivity contribution in [2.24, 2.45) is 17.8 Å². The summed E-state index contributed by atoms with van der Waals surface area (Å²) in [4.78, 5) is 10.5. The predicted octanol–water partition coefficient (Wildman–Crippen LogP) is 3.69. The highest BCUT2D eigenvalue weighted by molar-refractivity contribution is 6.35. The Hall–Kier alpha value is 0.122. The fourth-order valence-corrected chi connectivity index (χ4v) is 4.80. The van der Waals surface area contributed by atoms with Crippen LogP contribution in [0.25, 0.3) is 0 Å². The molecule has 0 aromatic carbocycles. The van der Waals surface area contributed by atoms with Crippen molar-refractivity contribution in [3.63, 3.8) is 0 Å². The first-order chi connectivity index (χ1) is 9.97. The lowest BCUT2D eigenvalue weighted by Gasteiger charge is -2.33. The number of aldehydes is 1. The summed E-state index contributed by atoms with van der Waals surface area (Å²) in [7, 11) is 0. The minimum absolute atomic E-state index is 0.239. The molecule has 0 amide bonds. The highest BCUT2D eigenvalue weighted by Crippen LogP contribution is 2.37. The molecule has 1 aliphatic heterocycles. The average molecular weight is 312 g/mol. The van der Waals surface area contributed by atoms with E-state index in [2.05, 4.69) is 27.7 Å². The van der Waals surface area contributed by atoms with Crippen LogP contribution in [-0.2, 0) is 14.3 Å². The van der Waals surface area contributed by atoms with E-state index < -0.39 is 0 Å². The Morgan fingerprint density at radius 3 is 1.90 bits per heavy atom. The molecule has 0 aromatic rings. The summed E-state index contributed by atoms with van der Waals surface area (Å²) in [5.41, 5.74) is 0. The molecule has 0 aromatic heterocycles. The van der Waals surface area contributed by atoms with Crippen LogP contribution >= 0.6 is 0 Å². The van der Waals surface area contributed by atoms with Crippen LogP contribution < -0.4 is 0 Å². The molecule has 2 fully saturated rings. The standard InChI is InChI=1S/C9H14O3.2C4H9.Al.H/c10-7-8-1-3-9(4-2-8)11-5-6-12-9;2*1-4(2)3;;/h7-8H,1-6H2;2*4H,1H2,2-3H3;;. The first-order valence-electron chi connectivity index (χ1n) is 8.70. The van der Waals surface area contributed by atoms with Crippen molar-refractivity contribution >= 4 is 21.5 Å². The van der Waals surface area contributed by atoms with Crippen LogP contribution in [0.4, 0.5) is 0 Å². The van der Waals surface area contributed by atoms with E-state index in [9.17, 15) is 4.79 Å². The van der Waals surface area contributed by atoms with Crippen LogP contribution in [0, 0.1) is 17.8 Å². The Kier molecular flexibility index (Phi) is 9.13. The molecule has 3 nitrogen and oxygen atoms in total. The second kappa shape index (κ2) is 10.0. The van der Waals surface area contributed by atoms with Crippen LogP contribution in [-0.4, -0.2) is 40.5 Å². The smallest absolute Gasteiger partial charge is 0.237 e. The van der Waals surface area contributed by atoms with E-state index in [0.717, 1.165) is 43.8 Å². The number of rotatable bonds is 5. The fraction of sp³-hybridized carbons (Fsp3) is 0.941. The Morgan fingerprint density at radius 1 is 1.05 bits per heavy atom. The quantitative estimate of drug-likeness (QED) is 0.574. The highest BCUT2D eigenvalue weighted by atomic mass is 27.1. The second-order valence-corrected chi connectivity index (χ2v) is 9.16. The Labute approximate surface area is 136 Å². The molecule has 1 heterocycles. The Balaban J connectivity index is 0.000000222. The maximum Gasteiger partial charge on any atom is 0.237 e. The van der Waals surface area contributed by atoms with Crippen molar-refractivity contribution < 1.29 is 14.3 Å². The lowest BCUT2D eigenvalue weighted by Crippen LogP contribution is -2.35. The molecule has 0 unspecified atom stereocenters. The van der Waals surface area contributed by atoms with Crippen LogP contribution in [0.5, 0.6) is 0 Å². The number of ether oxygens (including phenoxy) is 2. The van der Waals surface area contributed by atoms with E-state index in [-0.39, 0.29) is 11.7 Å². The number of carbonyl (C=O) groups excluding carboxylic acids is 1. The van der Waals surface area contributed by atoms with Crippen molar-refractivity contribution in [2.45, 2.75) is 69.7 Å². The summed E-state index contributed by atoms with van der Waals surface area (Å²) in [6.07, 6.45) is 4.67. The summed E-state index contributed by atoms with van der Waals surface area (Å²) < 4.78 is 11.1. The van der Waals surface area contributed by atoms with E-state index in [1.54, 1.807) is 0 Å².